The number of carboxylic acids is 1. The molecule has 0 bridgehead atoms. The third-order valence-corrected chi connectivity index (χ3v) is 5.45. The number of aromatic hydroxyl groups is 1. The Bertz CT molecular complexity index is 1040. The second-order valence-electron chi connectivity index (χ2n) is 6.63. The number of carboxylic acid groups (broad SMARTS) is 1. The number of aryl methyl sites for hydroxylation is 2. The van der Waals surface area contributed by atoms with Crippen molar-refractivity contribution in [2.45, 2.75) is 25.5 Å². The van der Waals surface area contributed by atoms with E-state index in [1.54, 1.807) is 13.0 Å². The van der Waals surface area contributed by atoms with Crippen LogP contribution >= 0.6 is 11.8 Å². The van der Waals surface area contributed by atoms with E-state index in [-0.39, 0.29) is 17.7 Å². The van der Waals surface area contributed by atoms with E-state index in [1.165, 1.54) is 6.07 Å². The molecular weight excluding hydrogens is 396 g/mol. The number of thioether (sulfide) groups is 1. The van der Waals surface area contributed by atoms with Gasteiger partial charge >= 0.3 is 5.97 Å². The Labute approximate surface area is 170 Å². The molecule has 1 unspecified atom stereocenters. The summed E-state index contributed by atoms with van der Waals surface area (Å²) in [6.45, 7) is 3.66. The maximum atomic E-state index is 12.7. The van der Waals surface area contributed by atoms with E-state index < -0.39 is 34.0 Å². The van der Waals surface area contributed by atoms with Gasteiger partial charge in [-0.1, -0.05) is 12.1 Å². The Kier molecular flexibility index (Phi) is 5.60. The number of imide groups is 1. The van der Waals surface area contributed by atoms with Crippen LogP contribution in [0.4, 0.5) is 16.2 Å². The van der Waals surface area contributed by atoms with Crippen molar-refractivity contribution in [1.29, 1.82) is 0 Å². The normalized spacial score (nSPS) is 16.2. The van der Waals surface area contributed by atoms with E-state index in [4.69, 9.17) is 5.11 Å². The molecule has 0 radical (unpaired) electrons. The molecule has 1 fully saturated rings. The molecule has 150 valence electrons. The molecule has 3 N–H and O–H groups in total. The fourth-order valence-electron chi connectivity index (χ4n) is 2.94. The molecule has 1 aliphatic heterocycles. The van der Waals surface area contributed by atoms with Crippen LogP contribution in [0, 0.1) is 13.8 Å². The first-order valence-electron chi connectivity index (χ1n) is 8.65. The molecule has 0 aromatic heterocycles. The Morgan fingerprint density at radius 2 is 1.86 bits per heavy atom. The number of nitrogens with one attached hydrogen (secondary N) is 1. The van der Waals surface area contributed by atoms with Gasteiger partial charge in [0, 0.05) is 18.2 Å². The van der Waals surface area contributed by atoms with Gasteiger partial charge in [-0.3, -0.25) is 14.4 Å². The topological polar surface area (TPSA) is 124 Å². The minimum Gasteiger partial charge on any atom is -0.507 e. The molecule has 29 heavy (non-hydrogen) atoms. The van der Waals surface area contributed by atoms with Crippen molar-refractivity contribution in [2.75, 3.05) is 10.2 Å². The highest BCUT2D eigenvalue weighted by Gasteiger charge is 2.42. The Morgan fingerprint density at radius 1 is 1.14 bits per heavy atom. The summed E-state index contributed by atoms with van der Waals surface area (Å²) in [4.78, 5) is 49.5. The van der Waals surface area contributed by atoms with Gasteiger partial charge in [0.1, 0.15) is 16.6 Å². The first-order valence-corrected chi connectivity index (χ1v) is 9.53. The number of rotatable bonds is 5. The predicted molar refractivity (Wildman–Crippen MR) is 108 cm³/mol. The van der Waals surface area contributed by atoms with Crippen LogP contribution in [0.15, 0.2) is 36.4 Å². The third-order valence-electron chi connectivity index (χ3n) is 4.41. The van der Waals surface area contributed by atoms with Gasteiger partial charge < -0.3 is 15.5 Å². The van der Waals surface area contributed by atoms with Crippen molar-refractivity contribution in [3.8, 4) is 5.75 Å². The molecule has 0 aliphatic carbocycles. The first kappa shape index (κ1) is 20.4. The largest absolute Gasteiger partial charge is 0.507 e. The number of benzene rings is 2. The van der Waals surface area contributed by atoms with E-state index in [0.29, 0.717) is 5.69 Å². The molecule has 0 spiro atoms. The van der Waals surface area contributed by atoms with Crippen LogP contribution in [0.1, 0.15) is 27.9 Å². The van der Waals surface area contributed by atoms with Gasteiger partial charge in [0.15, 0.2) is 0 Å². The highest BCUT2D eigenvalue weighted by Crippen LogP contribution is 2.35. The summed E-state index contributed by atoms with van der Waals surface area (Å²) in [6, 6.07) is 9.06. The molecule has 3 rings (SSSR count). The van der Waals surface area contributed by atoms with Gasteiger partial charge in [-0.05, 0) is 54.9 Å². The summed E-state index contributed by atoms with van der Waals surface area (Å²) in [5, 5.41) is 19.8. The Morgan fingerprint density at radius 3 is 2.52 bits per heavy atom. The van der Waals surface area contributed by atoms with Gasteiger partial charge in [-0.25, -0.2) is 9.69 Å². The minimum absolute atomic E-state index is 0.186. The van der Waals surface area contributed by atoms with Crippen LogP contribution in [0.5, 0.6) is 5.75 Å². The van der Waals surface area contributed by atoms with Gasteiger partial charge in [0.25, 0.3) is 5.24 Å². The zero-order valence-electron chi connectivity index (χ0n) is 15.6. The first-order chi connectivity index (χ1) is 13.7. The summed E-state index contributed by atoms with van der Waals surface area (Å²) in [5.41, 5.74) is 2.08. The highest BCUT2D eigenvalue weighted by molar-refractivity contribution is 8.15. The molecule has 1 saturated heterocycles. The van der Waals surface area contributed by atoms with Crippen LogP contribution < -0.4 is 10.2 Å². The zero-order chi connectivity index (χ0) is 21.3. The maximum Gasteiger partial charge on any atom is 0.339 e. The van der Waals surface area contributed by atoms with Crippen LogP contribution in [0.3, 0.4) is 0 Å². The molecule has 9 heteroatoms. The second-order valence-corrected chi connectivity index (χ2v) is 7.78. The zero-order valence-corrected chi connectivity index (χ0v) is 16.4. The maximum absolute atomic E-state index is 12.7. The second kappa shape index (κ2) is 7.96. The molecule has 1 atom stereocenters. The SMILES string of the molecule is Cc1ccc(C)c(N2C(=O)SC(CC(=O)Nc3ccc(C(=O)O)c(O)c3)C2=O)c1. The molecule has 1 heterocycles. The van der Waals surface area contributed by atoms with E-state index >= 15 is 0 Å². The molecule has 2 aromatic rings. The van der Waals surface area contributed by atoms with Crippen molar-refractivity contribution < 1.29 is 29.4 Å². The average molecular weight is 414 g/mol. The standard InChI is InChI=1S/C20H18N2O6S/c1-10-3-4-11(2)14(7-10)22-18(25)16(29-20(22)28)9-17(24)21-12-5-6-13(19(26)27)15(23)8-12/h3-8,16,23H,9H2,1-2H3,(H,21,24)(H,26,27). The van der Waals surface area contributed by atoms with Crippen LogP contribution in [-0.2, 0) is 9.59 Å². The van der Waals surface area contributed by atoms with E-state index in [9.17, 15) is 24.3 Å². The van der Waals surface area contributed by atoms with Gasteiger partial charge in [-0.2, -0.15) is 0 Å². The minimum atomic E-state index is -1.29. The molecule has 2 aromatic carbocycles. The number of carbonyl (C=O) groups is 4. The lowest BCUT2D eigenvalue weighted by molar-refractivity contribution is -0.121. The molecular formula is C20H18N2O6S. The number of carbonyl (C=O) groups excluding carboxylic acids is 3. The number of aromatic carboxylic acids is 1. The fourth-order valence-corrected chi connectivity index (χ4v) is 3.91. The van der Waals surface area contributed by atoms with E-state index in [2.05, 4.69) is 5.32 Å². The van der Waals surface area contributed by atoms with Gasteiger partial charge in [0.05, 0.1) is 5.69 Å². The lowest BCUT2D eigenvalue weighted by atomic mass is 10.1. The smallest absolute Gasteiger partial charge is 0.339 e. The molecule has 0 saturated carbocycles. The number of anilines is 2. The van der Waals surface area contributed by atoms with Crippen molar-refractivity contribution in [2.24, 2.45) is 0 Å². The number of nitrogens with zero attached hydrogens (tertiary/aromatic N) is 1. The van der Waals surface area contributed by atoms with Crippen LogP contribution in [-0.4, -0.2) is 38.5 Å². The van der Waals surface area contributed by atoms with Crippen molar-refractivity contribution in [3.05, 3.63) is 53.1 Å². The number of hydrogen-bond acceptors (Lipinski definition) is 6. The van der Waals surface area contributed by atoms with Crippen LogP contribution in [0.2, 0.25) is 0 Å². The van der Waals surface area contributed by atoms with Gasteiger partial charge in [0.2, 0.25) is 11.8 Å². The van der Waals surface area contributed by atoms with Crippen molar-refractivity contribution >= 4 is 46.2 Å². The van der Waals surface area contributed by atoms with E-state index in [1.807, 2.05) is 19.1 Å². The van der Waals surface area contributed by atoms with Crippen LogP contribution in [0.25, 0.3) is 0 Å². The Balaban J connectivity index is 1.71. The highest BCUT2D eigenvalue weighted by atomic mass is 32.2. The summed E-state index contributed by atoms with van der Waals surface area (Å²) in [6.07, 6.45) is -0.238. The molecule has 1 aliphatic rings. The fraction of sp³-hybridized carbons (Fsp3) is 0.200. The quantitative estimate of drug-likeness (QED) is 0.686. The average Bonchev–Trinajstić information content (AvgIpc) is 2.90. The lowest BCUT2D eigenvalue weighted by Gasteiger charge is -2.17. The van der Waals surface area contributed by atoms with Crippen molar-refractivity contribution in [1.82, 2.24) is 0 Å². The summed E-state index contributed by atoms with van der Waals surface area (Å²) in [7, 11) is 0. The summed E-state index contributed by atoms with van der Waals surface area (Å²) < 4.78 is 0. The van der Waals surface area contributed by atoms with Crippen molar-refractivity contribution in [3.63, 3.8) is 0 Å². The molecule has 8 nitrogen and oxygen atoms in total. The van der Waals surface area contributed by atoms with E-state index in [0.717, 1.165) is 39.9 Å². The number of amides is 3. The predicted octanol–water partition coefficient (Wildman–Crippen LogP) is 3.30. The monoisotopic (exact) mass is 414 g/mol. The lowest BCUT2D eigenvalue weighted by Crippen LogP contribution is -2.33. The molecule has 3 amide bonds. The van der Waals surface area contributed by atoms with Gasteiger partial charge in [-0.15, -0.1) is 0 Å². The third kappa shape index (κ3) is 4.24. The summed E-state index contributed by atoms with van der Waals surface area (Å²) in [5.74, 6) is -2.78. The number of hydrogen-bond donors (Lipinski definition) is 3. The Hall–Kier alpha value is -3.33. The summed E-state index contributed by atoms with van der Waals surface area (Å²) >= 11 is 0.789. The number of phenols is 1.